The van der Waals surface area contributed by atoms with Crippen LogP contribution in [0.5, 0.6) is 0 Å². The quantitative estimate of drug-likeness (QED) is 0.732. The first-order valence-electron chi connectivity index (χ1n) is 5.89. The average molecular weight is 256 g/mol. The SMILES string of the molecule is COC1CCC(NC(=O)C2CC(C(=O)O)=NO2)C1. The predicted molar refractivity (Wildman–Crippen MR) is 61.1 cm³/mol. The first kappa shape index (κ1) is 12.8. The highest BCUT2D eigenvalue weighted by Crippen LogP contribution is 2.22. The van der Waals surface area contributed by atoms with Crippen LogP contribution >= 0.6 is 0 Å². The summed E-state index contributed by atoms with van der Waals surface area (Å²) in [5.74, 6) is -1.46. The van der Waals surface area contributed by atoms with Gasteiger partial charge in [-0.25, -0.2) is 4.79 Å². The second kappa shape index (κ2) is 5.34. The molecule has 1 fully saturated rings. The maximum atomic E-state index is 11.8. The number of rotatable bonds is 4. The van der Waals surface area contributed by atoms with E-state index in [1.807, 2.05) is 0 Å². The first-order chi connectivity index (χ1) is 8.60. The zero-order valence-corrected chi connectivity index (χ0v) is 10.1. The lowest BCUT2D eigenvalue weighted by molar-refractivity contribution is -0.132. The summed E-state index contributed by atoms with van der Waals surface area (Å²) < 4.78 is 5.21. The minimum Gasteiger partial charge on any atom is -0.477 e. The van der Waals surface area contributed by atoms with E-state index in [1.165, 1.54) is 0 Å². The van der Waals surface area contributed by atoms with Gasteiger partial charge in [0.25, 0.3) is 5.91 Å². The number of carbonyl (C=O) groups is 2. The lowest BCUT2D eigenvalue weighted by atomic mass is 10.1. The van der Waals surface area contributed by atoms with Gasteiger partial charge in [-0.2, -0.15) is 0 Å². The Morgan fingerprint density at radius 3 is 2.83 bits per heavy atom. The third kappa shape index (κ3) is 2.79. The first-order valence-corrected chi connectivity index (χ1v) is 5.89. The Labute approximate surface area is 104 Å². The molecular formula is C11H16N2O5. The Hall–Kier alpha value is -1.63. The molecule has 2 rings (SSSR count). The number of hydrogen-bond donors (Lipinski definition) is 2. The normalized spacial score (nSPS) is 30.7. The molecule has 1 aliphatic heterocycles. The molecule has 2 N–H and O–H groups in total. The van der Waals surface area contributed by atoms with Gasteiger partial charge < -0.3 is 20.0 Å². The fourth-order valence-corrected chi connectivity index (χ4v) is 2.22. The molecule has 1 saturated carbocycles. The fourth-order valence-electron chi connectivity index (χ4n) is 2.22. The summed E-state index contributed by atoms with van der Waals surface area (Å²) >= 11 is 0. The lowest BCUT2D eigenvalue weighted by Gasteiger charge is -2.15. The topological polar surface area (TPSA) is 97.2 Å². The Morgan fingerprint density at radius 1 is 1.50 bits per heavy atom. The number of carboxylic acid groups (broad SMARTS) is 1. The van der Waals surface area contributed by atoms with Crippen LogP contribution in [-0.4, -0.2) is 48.1 Å². The lowest BCUT2D eigenvalue weighted by Crippen LogP contribution is -2.40. The number of aliphatic carboxylic acids is 1. The summed E-state index contributed by atoms with van der Waals surface area (Å²) in [6.45, 7) is 0. The molecule has 0 saturated heterocycles. The molecule has 3 unspecified atom stereocenters. The number of oxime groups is 1. The van der Waals surface area contributed by atoms with E-state index < -0.39 is 12.1 Å². The third-order valence-electron chi connectivity index (χ3n) is 3.27. The van der Waals surface area contributed by atoms with Crippen molar-refractivity contribution in [1.29, 1.82) is 0 Å². The van der Waals surface area contributed by atoms with Gasteiger partial charge in [0.2, 0.25) is 6.10 Å². The maximum absolute atomic E-state index is 11.8. The van der Waals surface area contributed by atoms with Crippen molar-refractivity contribution in [3.63, 3.8) is 0 Å². The zero-order valence-electron chi connectivity index (χ0n) is 10.1. The van der Waals surface area contributed by atoms with E-state index in [0.29, 0.717) is 0 Å². The van der Waals surface area contributed by atoms with Crippen molar-refractivity contribution in [2.45, 2.75) is 43.9 Å². The Balaban J connectivity index is 1.79. The highest BCUT2D eigenvalue weighted by atomic mass is 16.6. The standard InChI is InChI=1S/C11H16N2O5/c1-17-7-3-2-6(4-7)12-10(14)9-5-8(11(15)16)13-18-9/h6-7,9H,2-5H2,1H3,(H,12,14)(H,15,16). The largest absolute Gasteiger partial charge is 0.477 e. The van der Waals surface area contributed by atoms with Crippen molar-refractivity contribution in [2.75, 3.05) is 7.11 Å². The summed E-state index contributed by atoms with van der Waals surface area (Å²) in [7, 11) is 1.65. The number of hydrogen-bond acceptors (Lipinski definition) is 5. The molecule has 0 aromatic rings. The molecule has 7 nitrogen and oxygen atoms in total. The van der Waals surface area contributed by atoms with Gasteiger partial charge in [-0.1, -0.05) is 5.16 Å². The van der Waals surface area contributed by atoms with Crippen molar-refractivity contribution in [3.8, 4) is 0 Å². The van der Waals surface area contributed by atoms with Crippen LogP contribution in [0.25, 0.3) is 0 Å². The molecule has 7 heteroatoms. The number of nitrogens with zero attached hydrogens (tertiary/aromatic N) is 1. The monoisotopic (exact) mass is 256 g/mol. The molecule has 18 heavy (non-hydrogen) atoms. The summed E-state index contributed by atoms with van der Waals surface area (Å²) in [6, 6.07) is 0.0694. The van der Waals surface area contributed by atoms with Gasteiger partial charge >= 0.3 is 5.97 Å². The minimum absolute atomic E-state index is 0.0155. The van der Waals surface area contributed by atoms with Crippen molar-refractivity contribution in [2.24, 2.45) is 5.16 Å². The molecule has 0 aromatic heterocycles. The molecule has 1 aliphatic carbocycles. The van der Waals surface area contributed by atoms with Gasteiger partial charge in [0.15, 0.2) is 5.71 Å². The molecule has 1 amide bonds. The van der Waals surface area contributed by atoms with Crippen LogP contribution in [0.1, 0.15) is 25.7 Å². The van der Waals surface area contributed by atoms with Crippen LogP contribution < -0.4 is 5.32 Å². The van der Waals surface area contributed by atoms with Crippen LogP contribution in [0.2, 0.25) is 0 Å². The van der Waals surface area contributed by atoms with Gasteiger partial charge in [-0.15, -0.1) is 0 Å². The third-order valence-corrected chi connectivity index (χ3v) is 3.27. The summed E-state index contributed by atoms with van der Waals surface area (Å²) in [6.07, 6.45) is 1.94. The molecule has 0 radical (unpaired) electrons. The molecule has 1 heterocycles. The smallest absolute Gasteiger partial charge is 0.353 e. The molecule has 2 aliphatic rings. The molecule has 3 atom stereocenters. The van der Waals surface area contributed by atoms with E-state index in [-0.39, 0.29) is 30.2 Å². The summed E-state index contributed by atoms with van der Waals surface area (Å²) in [5.41, 5.74) is -0.115. The zero-order chi connectivity index (χ0) is 13.1. The summed E-state index contributed by atoms with van der Waals surface area (Å²) in [4.78, 5) is 27.3. The average Bonchev–Trinajstić information content (AvgIpc) is 2.97. The van der Waals surface area contributed by atoms with Crippen LogP contribution in [-0.2, 0) is 19.2 Å². The van der Waals surface area contributed by atoms with Crippen molar-refractivity contribution in [1.82, 2.24) is 5.32 Å². The molecular weight excluding hydrogens is 240 g/mol. The van der Waals surface area contributed by atoms with Gasteiger partial charge in [0.1, 0.15) is 0 Å². The Kier molecular flexibility index (Phi) is 3.81. The Morgan fingerprint density at radius 2 is 2.28 bits per heavy atom. The highest BCUT2D eigenvalue weighted by Gasteiger charge is 2.34. The van der Waals surface area contributed by atoms with E-state index in [4.69, 9.17) is 14.7 Å². The van der Waals surface area contributed by atoms with Gasteiger partial charge in [0, 0.05) is 19.6 Å². The van der Waals surface area contributed by atoms with Gasteiger partial charge in [-0.05, 0) is 19.3 Å². The highest BCUT2D eigenvalue weighted by molar-refractivity contribution is 6.36. The second-order valence-corrected chi connectivity index (χ2v) is 4.52. The molecule has 0 aromatic carbocycles. The number of methoxy groups -OCH3 is 1. The Bertz CT molecular complexity index is 382. The molecule has 100 valence electrons. The number of carbonyl (C=O) groups excluding carboxylic acids is 1. The van der Waals surface area contributed by atoms with Crippen LogP contribution in [0.4, 0.5) is 0 Å². The van der Waals surface area contributed by atoms with Crippen LogP contribution in [0.3, 0.4) is 0 Å². The molecule has 0 spiro atoms. The van der Waals surface area contributed by atoms with Crippen molar-refractivity contribution < 1.29 is 24.3 Å². The van der Waals surface area contributed by atoms with E-state index in [2.05, 4.69) is 10.5 Å². The number of nitrogens with one attached hydrogen (secondary N) is 1. The van der Waals surface area contributed by atoms with Crippen molar-refractivity contribution in [3.05, 3.63) is 0 Å². The number of amides is 1. The van der Waals surface area contributed by atoms with E-state index in [1.54, 1.807) is 7.11 Å². The number of ether oxygens (including phenoxy) is 1. The van der Waals surface area contributed by atoms with Crippen LogP contribution in [0, 0.1) is 0 Å². The van der Waals surface area contributed by atoms with Gasteiger partial charge in [-0.3, -0.25) is 4.79 Å². The van der Waals surface area contributed by atoms with E-state index in [9.17, 15) is 9.59 Å². The maximum Gasteiger partial charge on any atom is 0.353 e. The number of carboxylic acids is 1. The van der Waals surface area contributed by atoms with E-state index in [0.717, 1.165) is 19.3 Å². The predicted octanol–water partition coefficient (Wildman–Crippen LogP) is -0.100. The fraction of sp³-hybridized carbons (Fsp3) is 0.727. The van der Waals surface area contributed by atoms with E-state index >= 15 is 0 Å². The summed E-state index contributed by atoms with van der Waals surface area (Å²) in [5, 5.41) is 14.9. The second-order valence-electron chi connectivity index (χ2n) is 4.52. The minimum atomic E-state index is -1.15. The van der Waals surface area contributed by atoms with Gasteiger partial charge in [0.05, 0.1) is 6.10 Å². The molecule has 0 bridgehead atoms. The van der Waals surface area contributed by atoms with Crippen molar-refractivity contribution >= 4 is 17.6 Å². The van der Waals surface area contributed by atoms with Crippen LogP contribution in [0.15, 0.2) is 5.16 Å².